The molecule has 0 aliphatic heterocycles. The molecule has 8 heteroatoms. The van der Waals surface area contributed by atoms with Crippen LogP contribution in [0.1, 0.15) is 23.8 Å². The van der Waals surface area contributed by atoms with E-state index < -0.39 is 0 Å². The second-order valence-electron chi connectivity index (χ2n) is 6.47. The van der Waals surface area contributed by atoms with Crippen molar-refractivity contribution in [3.8, 4) is 11.5 Å². The minimum atomic E-state index is 0.00263. The van der Waals surface area contributed by atoms with Gasteiger partial charge in [0.1, 0.15) is 17.0 Å². The van der Waals surface area contributed by atoms with Crippen LogP contribution < -0.4 is 20.1 Å². The van der Waals surface area contributed by atoms with Crippen molar-refractivity contribution in [2.75, 3.05) is 32.6 Å². The minimum absolute atomic E-state index is 0.00263. The predicted octanol–water partition coefficient (Wildman–Crippen LogP) is 3.43. The van der Waals surface area contributed by atoms with E-state index in [1.54, 1.807) is 31.9 Å². The van der Waals surface area contributed by atoms with Gasteiger partial charge in [-0.1, -0.05) is 13.0 Å². The molecule has 0 aliphatic rings. The van der Waals surface area contributed by atoms with E-state index in [9.17, 15) is 4.79 Å². The minimum Gasteiger partial charge on any atom is -0.493 e. The molecule has 2 aromatic heterocycles. The summed E-state index contributed by atoms with van der Waals surface area (Å²) in [4.78, 5) is 23.0. The number of rotatable bonds is 10. The zero-order valence-corrected chi connectivity index (χ0v) is 17.8. The number of nitrogens with one attached hydrogen (secondary N) is 2. The van der Waals surface area contributed by atoms with Crippen LogP contribution in [-0.4, -0.2) is 43.2 Å². The van der Waals surface area contributed by atoms with Gasteiger partial charge in [-0.2, -0.15) is 0 Å². The van der Waals surface area contributed by atoms with Crippen molar-refractivity contribution in [2.45, 2.75) is 26.2 Å². The number of ether oxygens (including phenoxy) is 2. The lowest BCUT2D eigenvalue weighted by atomic mass is 10.1. The molecule has 1 amide bonds. The van der Waals surface area contributed by atoms with Crippen molar-refractivity contribution in [1.29, 1.82) is 0 Å². The molecular formula is C21H26N4O3S. The molecule has 1 aromatic carbocycles. The largest absolute Gasteiger partial charge is 0.493 e. The second kappa shape index (κ2) is 10.1. The highest BCUT2D eigenvalue weighted by atomic mass is 32.1. The average Bonchev–Trinajstić information content (AvgIpc) is 3.18. The maximum atomic E-state index is 12.1. The fourth-order valence-corrected chi connectivity index (χ4v) is 3.92. The van der Waals surface area contributed by atoms with Crippen LogP contribution in [0.5, 0.6) is 11.5 Å². The monoisotopic (exact) mass is 414 g/mol. The zero-order valence-electron chi connectivity index (χ0n) is 16.9. The topological polar surface area (TPSA) is 85.4 Å². The number of nitrogens with zero attached hydrogens (tertiary/aromatic N) is 2. The molecule has 7 nitrogen and oxygen atoms in total. The predicted molar refractivity (Wildman–Crippen MR) is 116 cm³/mol. The summed E-state index contributed by atoms with van der Waals surface area (Å²) >= 11 is 1.68. The van der Waals surface area contributed by atoms with E-state index in [1.807, 2.05) is 18.2 Å². The molecule has 0 fully saturated rings. The van der Waals surface area contributed by atoms with Gasteiger partial charge in [-0.25, -0.2) is 9.97 Å². The number of benzene rings is 1. The Balaban J connectivity index is 1.44. The van der Waals surface area contributed by atoms with E-state index in [1.165, 1.54) is 4.88 Å². The van der Waals surface area contributed by atoms with Gasteiger partial charge in [-0.3, -0.25) is 4.79 Å². The molecule has 2 N–H and O–H groups in total. The molecule has 154 valence electrons. The molecular weight excluding hydrogens is 388 g/mol. The number of aryl methyl sites for hydroxylation is 1. The van der Waals surface area contributed by atoms with Gasteiger partial charge in [0, 0.05) is 24.4 Å². The van der Waals surface area contributed by atoms with Crippen molar-refractivity contribution in [2.24, 2.45) is 0 Å². The lowest BCUT2D eigenvalue weighted by Crippen LogP contribution is -2.27. The summed E-state index contributed by atoms with van der Waals surface area (Å²) in [6.45, 7) is 3.21. The van der Waals surface area contributed by atoms with Crippen LogP contribution in [0.3, 0.4) is 0 Å². The number of thiophene rings is 1. The molecule has 0 spiro atoms. The standard InChI is InChI=1S/C21H26N4O3S/c1-4-15-12-16-20(24-13-25-21(16)29-15)23-10-8-19(26)22-9-7-14-5-6-17(27-2)18(11-14)28-3/h5-6,11-13H,4,7-10H2,1-3H3,(H,22,26)(H,23,24,25). The third-order valence-corrected chi connectivity index (χ3v) is 5.74. The first-order chi connectivity index (χ1) is 14.1. The first-order valence-corrected chi connectivity index (χ1v) is 10.4. The van der Waals surface area contributed by atoms with Crippen molar-refractivity contribution in [1.82, 2.24) is 15.3 Å². The Hall–Kier alpha value is -2.87. The fraction of sp³-hybridized carbons (Fsp3) is 0.381. The number of methoxy groups -OCH3 is 2. The first kappa shape index (κ1) is 20.9. The van der Waals surface area contributed by atoms with Gasteiger partial charge in [0.2, 0.25) is 5.91 Å². The van der Waals surface area contributed by atoms with Gasteiger partial charge < -0.3 is 20.1 Å². The number of amides is 1. The van der Waals surface area contributed by atoms with Crippen LogP contribution in [0.2, 0.25) is 0 Å². The Labute approximate surface area is 174 Å². The van der Waals surface area contributed by atoms with E-state index in [0.29, 0.717) is 31.0 Å². The zero-order chi connectivity index (χ0) is 20.6. The summed E-state index contributed by atoms with van der Waals surface area (Å²) in [5.41, 5.74) is 1.08. The summed E-state index contributed by atoms with van der Waals surface area (Å²) in [5, 5.41) is 7.23. The molecule has 0 unspecified atom stereocenters. The van der Waals surface area contributed by atoms with Crippen molar-refractivity contribution >= 4 is 33.3 Å². The molecule has 0 saturated heterocycles. The third kappa shape index (κ3) is 5.35. The summed E-state index contributed by atoms with van der Waals surface area (Å²) in [6.07, 6.45) is 3.63. The van der Waals surface area contributed by atoms with Gasteiger partial charge in [0.15, 0.2) is 11.5 Å². The highest BCUT2D eigenvalue weighted by molar-refractivity contribution is 7.18. The van der Waals surface area contributed by atoms with Crippen LogP contribution in [0, 0.1) is 0 Å². The number of aromatic nitrogens is 2. The number of carbonyl (C=O) groups is 1. The van der Waals surface area contributed by atoms with Crippen molar-refractivity contribution in [3.05, 3.63) is 41.0 Å². The molecule has 0 atom stereocenters. The SMILES string of the molecule is CCc1cc2c(NCCC(=O)NCCc3ccc(OC)c(OC)c3)ncnc2s1. The summed E-state index contributed by atoms with van der Waals surface area (Å²) < 4.78 is 10.5. The van der Waals surface area contributed by atoms with E-state index >= 15 is 0 Å². The average molecular weight is 415 g/mol. The Bertz CT molecular complexity index is 974. The van der Waals surface area contributed by atoms with E-state index in [4.69, 9.17) is 9.47 Å². The number of anilines is 1. The Morgan fingerprint density at radius 2 is 1.93 bits per heavy atom. The highest BCUT2D eigenvalue weighted by Crippen LogP contribution is 2.28. The number of carbonyl (C=O) groups excluding carboxylic acids is 1. The molecule has 3 rings (SSSR count). The van der Waals surface area contributed by atoms with Gasteiger partial charge in [-0.05, 0) is 36.6 Å². The summed E-state index contributed by atoms with van der Waals surface area (Å²) in [5.74, 6) is 2.17. The van der Waals surface area contributed by atoms with Gasteiger partial charge in [0.05, 0.1) is 19.6 Å². The smallest absolute Gasteiger partial charge is 0.221 e. The Morgan fingerprint density at radius 3 is 2.69 bits per heavy atom. The summed E-state index contributed by atoms with van der Waals surface area (Å²) in [6, 6.07) is 7.89. The molecule has 2 heterocycles. The first-order valence-electron chi connectivity index (χ1n) is 9.59. The lowest BCUT2D eigenvalue weighted by molar-refractivity contribution is -0.120. The van der Waals surface area contributed by atoms with Crippen LogP contribution in [0.4, 0.5) is 5.82 Å². The van der Waals surface area contributed by atoms with Gasteiger partial charge in [0.25, 0.3) is 0 Å². The highest BCUT2D eigenvalue weighted by Gasteiger charge is 2.09. The molecule has 0 radical (unpaired) electrons. The maximum Gasteiger partial charge on any atom is 0.221 e. The molecule has 29 heavy (non-hydrogen) atoms. The Morgan fingerprint density at radius 1 is 1.10 bits per heavy atom. The molecule has 3 aromatic rings. The number of hydrogen-bond acceptors (Lipinski definition) is 7. The fourth-order valence-electron chi connectivity index (χ4n) is 2.99. The van der Waals surface area contributed by atoms with Gasteiger partial charge >= 0.3 is 0 Å². The van der Waals surface area contributed by atoms with E-state index in [2.05, 4.69) is 33.6 Å². The molecule has 0 saturated carbocycles. The van der Waals surface area contributed by atoms with Crippen LogP contribution >= 0.6 is 11.3 Å². The van der Waals surface area contributed by atoms with Crippen LogP contribution in [-0.2, 0) is 17.6 Å². The van der Waals surface area contributed by atoms with Gasteiger partial charge in [-0.15, -0.1) is 11.3 Å². The number of fused-ring (bicyclic) bond motifs is 1. The third-order valence-electron chi connectivity index (χ3n) is 4.56. The molecule has 0 bridgehead atoms. The van der Waals surface area contributed by atoms with E-state index in [0.717, 1.165) is 34.4 Å². The van der Waals surface area contributed by atoms with Crippen molar-refractivity contribution in [3.63, 3.8) is 0 Å². The Kier molecular flexibility index (Phi) is 7.24. The van der Waals surface area contributed by atoms with E-state index in [-0.39, 0.29) is 5.91 Å². The number of hydrogen-bond donors (Lipinski definition) is 2. The maximum absolute atomic E-state index is 12.1. The van der Waals surface area contributed by atoms with Crippen LogP contribution in [0.25, 0.3) is 10.2 Å². The quantitative estimate of drug-likeness (QED) is 0.529. The van der Waals surface area contributed by atoms with Crippen molar-refractivity contribution < 1.29 is 14.3 Å². The summed E-state index contributed by atoms with van der Waals surface area (Å²) in [7, 11) is 3.22. The second-order valence-corrected chi connectivity index (χ2v) is 7.59. The lowest BCUT2D eigenvalue weighted by Gasteiger charge is -2.10. The molecule has 0 aliphatic carbocycles. The van der Waals surface area contributed by atoms with Crippen LogP contribution in [0.15, 0.2) is 30.6 Å². The normalized spacial score (nSPS) is 10.7.